The zero-order valence-corrected chi connectivity index (χ0v) is 12.6. The van der Waals surface area contributed by atoms with Crippen molar-refractivity contribution in [2.45, 2.75) is 24.8 Å². The average molecular weight is 295 g/mol. The minimum Gasteiger partial charge on any atom is -0.340 e. The van der Waals surface area contributed by atoms with Gasteiger partial charge in [0.25, 0.3) is 0 Å². The Bertz CT molecular complexity index is 615. The molecule has 1 aliphatic rings. The molecule has 4 heteroatoms. The lowest BCUT2D eigenvalue weighted by atomic mass is 9.95. The number of nitrogens with zero attached hydrogens (tertiary/aromatic N) is 2. The first-order valence-corrected chi connectivity index (χ1v) is 7.71. The highest BCUT2D eigenvalue weighted by atomic mass is 16.2. The van der Waals surface area contributed by atoms with Crippen molar-refractivity contribution in [2.75, 3.05) is 13.1 Å². The standard InChI is InChI=1S/C18H21N3O/c19-17-13-21(12-16(17)15-4-2-1-3-5-15)18(22)7-6-14-8-10-20-11-9-14/h1-5,8-11,16-17H,6-7,12-13,19H2/t16-,17+/m0/s1. The summed E-state index contributed by atoms with van der Waals surface area (Å²) in [6, 6.07) is 14.2. The molecule has 114 valence electrons. The molecule has 2 N–H and O–H groups in total. The Morgan fingerprint density at radius 1 is 1.14 bits per heavy atom. The van der Waals surface area contributed by atoms with Gasteiger partial charge in [-0.15, -0.1) is 0 Å². The number of carbonyl (C=O) groups is 1. The molecule has 3 rings (SSSR count). The molecule has 0 radical (unpaired) electrons. The van der Waals surface area contributed by atoms with Crippen molar-refractivity contribution in [2.24, 2.45) is 5.73 Å². The molecule has 4 nitrogen and oxygen atoms in total. The van der Waals surface area contributed by atoms with Crippen LogP contribution in [0.3, 0.4) is 0 Å². The van der Waals surface area contributed by atoms with Crippen molar-refractivity contribution in [3.05, 3.63) is 66.0 Å². The van der Waals surface area contributed by atoms with Crippen LogP contribution in [0, 0.1) is 0 Å². The second kappa shape index (κ2) is 6.71. The van der Waals surface area contributed by atoms with Crippen LogP contribution in [0.15, 0.2) is 54.9 Å². The Labute approximate surface area is 131 Å². The molecule has 22 heavy (non-hydrogen) atoms. The molecule has 1 aromatic carbocycles. The van der Waals surface area contributed by atoms with Crippen LogP contribution in [0.5, 0.6) is 0 Å². The first-order chi connectivity index (χ1) is 10.7. The van der Waals surface area contributed by atoms with E-state index in [0.717, 1.165) is 18.5 Å². The summed E-state index contributed by atoms with van der Waals surface area (Å²) in [6.07, 6.45) is 4.80. The average Bonchev–Trinajstić information content (AvgIpc) is 2.96. The Morgan fingerprint density at radius 2 is 1.86 bits per heavy atom. The van der Waals surface area contributed by atoms with Crippen LogP contribution in [-0.4, -0.2) is 34.9 Å². The molecule has 0 unspecified atom stereocenters. The van der Waals surface area contributed by atoms with E-state index >= 15 is 0 Å². The third-order valence-corrected chi connectivity index (χ3v) is 4.32. The van der Waals surface area contributed by atoms with E-state index in [1.54, 1.807) is 12.4 Å². The van der Waals surface area contributed by atoms with Gasteiger partial charge in [-0.05, 0) is 29.7 Å². The highest BCUT2D eigenvalue weighted by Gasteiger charge is 2.33. The van der Waals surface area contributed by atoms with Crippen molar-refractivity contribution in [3.8, 4) is 0 Å². The quantitative estimate of drug-likeness (QED) is 0.938. The van der Waals surface area contributed by atoms with Gasteiger partial charge in [-0.2, -0.15) is 0 Å². The summed E-state index contributed by atoms with van der Waals surface area (Å²) in [5.74, 6) is 0.428. The number of nitrogens with two attached hydrogens (primary N) is 1. The fourth-order valence-electron chi connectivity index (χ4n) is 3.04. The van der Waals surface area contributed by atoms with Crippen LogP contribution in [0.4, 0.5) is 0 Å². The zero-order valence-electron chi connectivity index (χ0n) is 12.6. The number of likely N-dealkylation sites (tertiary alicyclic amines) is 1. The molecule has 1 saturated heterocycles. The van der Waals surface area contributed by atoms with Crippen molar-refractivity contribution < 1.29 is 4.79 Å². The first-order valence-electron chi connectivity index (χ1n) is 7.71. The van der Waals surface area contributed by atoms with Crippen LogP contribution < -0.4 is 5.73 Å². The van der Waals surface area contributed by atoms with Crippen LogP contribution in [-0.2, 0) is 11.2 Å². The van der Waals surface area contributed by atoms with Gasteiger partial charge in [0, 0.05) is 43.9 Å². The fraction of sp³-hybridized carbons (Fsp3) is 0.333. The molecule has 2 aromatic rings. The van der Waals surface area contributed by atoms with Gasteiger partial charge in [0.1, 0.15) is 0 Å². The minimum absolute atomic E-state index is 0.0206. The van der Waals surface area contributed by atoms with Crippen molar-refractivity contribution in [1.82, 2.24) is 9.88 Å². The van der Waals surface area contributed by atoms with E-state index in [9.17, 15) is 4.79 Å². The number of hydrogen-bond donors (Lipinski definition) is 1. The van der Waals surface area contributed by atoms with E-state index in [4.69, 9.17) is 5.73 Å². The topological polar surface area (TPSA) is 59.2 Å². The largest absolute Gasteiger partial charge is 0.340 e. The molecule has 0 saturated carbocycles. The predicted octanol–water partition coefficient (Wildman–Crippen LogP) is 1.97. The van der Waals surface area contributed by atoms with Gasteiger partial charge in [0.2, 0.25) is 5.91 Å². The molecule has 1 aliphatic heterocycles. The summed E-state index contributed by atoms with van der Waals surface area (Å²) in [7, 11) is 0. The van der Waals surface area contributed by atoms with Crippen molar-refractivity contribution >= 4 is 5.91 Å². The number of aryl methyl sites for hydroxylation is 1. The van der Waals surface area contributed by atoms with Gasteiger partial charge in [0.05, 0.1) is 0 Å². The summed E-state index contributed by atoms with van der Waals surface area (Å²) in [4.78, 5) is 18.3. The van der Waals surface area contributed by atoms with Gasteiger partial charge in [-0.3, -0.25) is 9.78 Å². The van der Waals surface area contributed by atoms with E-state index in [1.165, 1.54) is 5.56 Å². The third kappa shape index (κ3) is 3.34. The first kappa shape index (κ1) is 14.7. The van der Waals surface area contributed by atoms with Crippen LogP contribution in [0.25, 0.3) is 0 Å². The van der Waals surface area contributed by atoms with Gasteiger partial charge in [-0.25, -0.2) is 0 Å². The third-order valence-electron chi connectivity index (χ3n) is 4.32. The monoisotopic (exact) mass is 295 g/mol. The van der Waals surface area contributed by atoms with Crippen LogP contribution in [0.1, 0.15) is 23.5 Å². The fourth-order valence-corrected chi connectivity index (χ4v) is 3.04. The molecule has 0 spiro atoms. The summed E-state index contributed by atoms with van der Waals surface area (Å²) in [5, 5.41) is 0. The lowest BCUT2D eigenvalue weighted by molar-refractivity contribution is -0.130. The maximum absolute atomic E-state index is 12.4. The van der Waals surface area contributed by atoms with E-state index in [2.05, 4.69) is 17.1 Å². The Morgan fingerprint density at radius 3 is 2.59 bits per heavy atom. The number of pyridine rings is 1. The molecule has 1 amide bonds. The normalized spacial score (nSPS) is 21.0. The predicted molar refractivity (Wildman–Crippen MR) is 86.3 cm³/mol. The second-order valence-corrected chi connectivity index (χ2v) is 5.84. The summed E-state index contributed by atoms with van der Waals surface area (Å²) >= 11 is 0. The van der Waals surface area contributed by atoms with E-state index in [1.807, 2.05) is 35.2 Å². The highest BCUT2D eigenvalue weighted by Crippen LogP contribution is 2.26. The van der Waals surface area contributed by atoms with Gasteiger partial charge in [-0.1, -0.05) is 30.3 Å². The van der Waals surface area contributed by atoms with Crippen LogP contribution >= 0.6 is 0 Å². The smallest absolute Gasteiger partial charge is 0.222 e. The maximum atomic E-state index is 12.4. The molecular formula is C18H21N3O. The number of carbonyl (C=O) groups excluding carboxylic acids is 1. The van der Waals surface area contributed by atoms with E-state index in [-0.39, 0.29) is 17.9 Å². The molecule has 0 bridgehead atoms. The zero-order chi connectivity index (χ0) is 15.4. The van der Waals surface area contributed by atoms with E-state index in [0.29, 0.717) is 13.0 Å². The molecule has 1 aromatic heterocycles. The number of rotatable bonds is 4. The Balaban J connectivity index is 1.58. The Kier molecular flexibility index (Phi) is 4.49. The van der Waals surface area contributed by atoms with Crippen LogP contribution in [0.2, 0.25) is 0 Å². The van der Waals surface area contributed by atoms with Gasteiger partial charge >= 0.3 is 0 Å². The number of aromatic nitrogens is 1. The lowest BCUT2D eigenvalue weighted by Crippen LogP contribution is -2.32. The summed E-state index contributed by atoms with van der Waals surface area (Å²) in [6.45, 7) is 1.37. The number of benzene rings is 1. The van der Waals surface area contributed by atoms with Crippen molar-refractivity contribution in [3.63, 3.8) is 0 Å². The second-order valence-electron chi connectivity index (χ2n) is 5.84. The molecule has 1 fully saturated rings. The summed E-state index contributed by atoms with van der Waals surface area (Å²) < 4.78 is 0. The van der Waals surface area contributed by atoms with Crippen molar-refractivity contribution in [1.29, 1.82) is 0 Å². The molecule has 2 atom stereocenters. The summed E-state index contributed by atoms with van der Waals surface area (Å²) in [5.41, 5.74) is 8.61. The lowest BCUT2D eigenvalue weighted by Gasteiger charge is -2.16. The number of hydrogen-bond acceptors (Lipinski definition) is 3. The Hall–Kier alpha value is -2.20. The van der Waals surface area contributed by atoms with Gasteiger partial charge < -0.3 is 10.6 Å². The van der Waals surface area contributed by atoms with E-state index < -0.39 is 0 Å². The maximum Gasteiger partial charge on any atom is 0.222 e. The molecule has 0 aliphatic carbocycles. The highest BCUT2D eigenvalue weighted by molar-refractivity contribution is 5.77. The SMILES string of the molecule is N[C@@H]1CN(C(=O)CCc2ccncc2)C[C@H]1c1ccccc1. The number of amides is 1. The minimum atomic E-state index is 0.0206. The van der Waals surface area contributed by atoms with Gasteiger partial charge in [0.15, 0.2) is 0 Å². The molecular weight excluding hydrogens is 274 g/mol. The molecule has 2 heterocycles.